The van der Waals surface area contributed by atoms with Crippen molar-refractivity contribution in [1.29, 1.82) is 0 Å². The van der Waals surface area contributed by atoms with Crippen molar-refractivity contribution in [2.24, 2.45) is 0 Å². The number of imidazole rings is 1. The average Bonchev–Trinajstić information content (AvgIpc) is 2.92. The van der Waals surface area contributed by atoms with Gasteiger partial charge < -0.3 is 14.0 Å². The van der Waals surface area contributed by atoms with Crippen LogP contribution in [0.2, 0.25) is 0 Å². The third-order valence-corrected chi connectivity index (χ3v) is 2.59. The van der Waals surface area contributed by atoms with Crippen LogP contribution in [0.15, 0.2) is 12.3 Å². The second-order valence-electron chi connectivity index (χ2n) is 3.64. The second kappa shape index (κ2) is 5.01. The minimum Gasteiger partial charge on any atom is -0.464 e. The zero-order valence-electron chi connectivity index (χ0n) is 10.1. The predicted molar refractivity (Wildman–Crippen MR) is 61.8 cm³/mol. The van der Waals surface area contributed by atoms with E-state index in [0.717, 1.165) is 6.29 Å². The maximum atomic E-state index is 11.4. The Hall–Kier alpha value is -2.15. The Balaban J connectivity index is 2.46. The fourth-order valence-electron chi connectivity index (χ4n) is 1.73. The summed E-state index contributed by atoms with van der Waals surface area (Å²) in [4.78, 5) is 22.3. The van der Waals surface area contributed by atoms with Gasteiger partial charge in [-0.15, -0.1) is 0 Å². The minimum absolute atomic E-state index is 0.205. The molecular weight excluding hydrogens is 238 g/mol. The van der Waals surface area contributed by atoms with Gasteiger partial charge >= 0.3 is 5.97 Å². The van der Waals surface area contributed by atoms with Crippen LogP contribution in [-0.4, -0.2) is 47.3 Å². The van der Waals surface area contributed by atoms with Crippen LogP contribution in [0.25, 0.3) is 5.65 Å². The number of nitrogens with zero attached hydrogens (tertiary/aromatic N) is 3. The van der Waals surface area contributed by atoms with Gasteiger partial charge in [-0.05, 0) is 0 Å². The van der Waals surface area contributed by atoms with Gasteiger partial charge in [0, 0.05) is 19.7 Å². The molecule has 2 aromatic heterocycles. The van der Waals surface area contributed by atoms with Gasteiger partial charge in [0.2, 0.25) is 0 Å². The molecule has 0 aliphatic carbocycles. The van der Waals surface area contributed by atoms with Crippen molar-refractivity contribution in [3.05, 3.63) is 23.7 Å². The van der Waals surface area contributed by atoms with E-state index in [1.165, 1.54) is 11.6 Å². The fraction of sp³-hybridized carbons (Fsp3) is 0.364. The Labute approximate surface area is 103 Å². The van der Waals surface area contributed by atoms with Gasteiger partial charge in [-0.25, -0.2) is 9.31 Å². The molecule has 7 heteroatoms. The summed E-state index contributed by atoms with van der Waals surface area (Å²) >= 11 is 0. The number of carbonyl (C=O) groups is 2. The van der Waals surface area contributed by atoms with Gasteiger partial charge in [0.1, 0.15) is 11.3 Å². The number of carbonyl (C=O) groups excluding carboxylic acids is 2. The van der Waals surface area contributed by atoms with E-state index in [-0.39, 0.29) is 5.69 Å². The van der Waals surface area contributed by atoms with Crippen molar-refractivity contribution in [2.45, 2.75) is 6.54 Å². The third kappa shape index (κ3) is 2.00. The smallest absolute Gasteiger partial charge is 0.358 e. The van der Waals surface area contributed by atoms with Crippen LogP contribution in [0, 0.1) is 0 Å². The van der Waals surface area contributed by atoms with Crippen molar-refractivity contribution in [3.8, 4) is 0 Å². The Morgan fingerprint density at radius 1 is 1.50 bits per heavy atom. The van der Waals surface area contributed by atoms with Gasteiger partial charge in [0.15, 0.2) is 12.0 Å². The van der Waals surface area contributed by atoms with Gasteiger partial charge in [-0.1, -0.05) is 0 Å². The lowest BCUT2D eigenvalue weighted by Gasteiger charge is -2.03. The van der Waals surface area contributed by atoms with Gasteiger partial charge in [0.25, 0.3) is 0 Å². The van der Waals surface area contributed by atoms with E-state index in [0.29, 0.717) is 24.5 Å². The molecule has 0 saturated carbocycles. The highest BCUT2D eigenvalue weighted by atomic mass is 16.5. The largest absolute Gasteiger partial charge is 0.464 e. The molecule has 7 nitrogen and oxygen atoms in total. The monoisotopic (exact) mass is 251 g/mol. The van der Waals surface area contributed by atoms with Crippen LogP contribution in [0.3, 0.4) is 0 Å². The number of fused-ring (bicyclic) bond motifs is 1. The molecule has 0 aliphatic rings. The molecule has 2 heterocycles. The van der Waals surface area contributed by atoms with E-state index in [1.54, 1.807) is 23.9 Å². The van der Waals surface area contributed by atoms with Crippen LogP contribution in [0.4, 0.5) is 0 Å². The van der Waals surface area contributed by atoms with E-state index in [4.69, 9.17) is 4.74 Å². The lowest BCUT2D eigenvalue weighted by atomic mass is 10.4. The number of hydrogen-bond acceptors (Lipinski definition) is 5. The number of aromatic nitrogens is 3. The van der Waals surface area contributed by atoms with Crippen molar-refractivity contribution in [2.75, 3.05) is 20.8 Å². The fourth-order valence-corrected chi connectivity index (χ4v) is 1.73. The predicted octanol–water partition coefficient (Wildman–Crippen LogP) is 0.381. The second-order valence-corrected chi connectivity index (χ2v) is 3.64. The molecule has 0 saturated heterocycles. The van der Waals surface area contributed by atoms with Crippen LogP contribution >= 0.6 is 0 Å². The van der Waals surface area contributed by atoms with Crippen LogP contribution in [0.5, 0.6) is 0 Å². The number of esters is 1. The van der Waals surface area contributed by atoms with E-state index in [2.05, 4.69) is 9.84 Å². The molecule has 0 spiro atoms. The Morgan fingerprint density at radius 3 is 2.89 bits per heavy atom. The van der Waals surface area contributed by atoms with E-state index in [1.807, 2.05) is 0 Å². The molecule has 0 radical (unpaired) electrons. The van der Waals surface area contributed by atoms with Crippen molar-refractivity contribution < 1.29 is 19.1 Å². The molecule has 0 aliphatic heterocycles. The quantitative estimate of drug-likeness (QED) is 0.567. The Morgan fingerprint density at radius 2 is 2.28 bits per heavy atom. The Bertz CT molecular complexity index is 584. The summed E-state index contributed by atoms with van der Waals surface area (Å²) in [5.41, 5.74) is 1.33. The number of aldehydes is 1. The molecular formula is C11H13N3O4. The minimum atomic E-state index is -0.510. The first-order valence-corrected chi connectivity index (χ1v) is 5.32. The zero-order chi connectivity index (χ0) is 13.1. The molecule has 0 atom stereocenters. The molecule has 0 bridgehead atoms. The highest BCUT2D eigenvalue weighted by Crippen LogP contribution is 2.12. The van der Waals surface area contributed by atoms with Gasteiger partial charge in [-0.3, -0.25) is 4.79 Å². The first-order chi connectivity index (χ1) is 8.71. The van der Waals surface area contributed by atoms with Crippen LogP contribution in [-0.2, 0) is 16.0 Å². The molecule has 0 unspecified atom stereocenters. The topological polar surface area (TPSA) is 74.8 Å². The van der Waals surface area contributed by atoms with Crippen LogP contribution < -0.4 is 0 Å². The SMILES string of the molecule is COCCn1c(C=O)cn2nc(C(=O)OC)cc12. The molecule has 96 valence electrons. The van der Waals surface area contributed by atoms with Gasteiger partial charge in [0.05, 0.1) is 19.9 Å². The molecule has 0 N–H and O–H groups in total. The third-order valence-electron chi connectivity index (χ3n) is 2.59. The Kier molecular flexibility index (Phi) is 3.42. The zero-order valence-corrected chi connectivity index (χ0v) is 10.1. The maximum absolute atomic E-state index is 11.4. The first-order valence-electron chi connectivity index (χ1n) is 5.32. The number of hydrogen-bond donors (Lipinski definition) is 0. The van der Waals surface area contributed by atoms with Crippen LogP contribution in [0.1, 0.15) is 21.0 Å². The van der Waals surface area contributed by atoms with E-state index < -0.39 is 5.97 Å². The van der Waals surface area contributed by atoms with Crippen molar-refractivity contribution >= 4 is 17.9 Å². The van der Waals surface area contributed by atoms with Gasteiger partial charge in [-0.2, -0.15) is 5.10 Å². The van der Waals surface area contributed by atoms with Crippen molar-refractivity contribution in [1.82, 2.24) is 14.2 Å². The highest BCUT2D eigenvalue weighted by molar-refractivity contribution is 5.88. The molecule has 0 aromatic carbocycles. The first kappa shape index (κ1) is 12.3. The molecule has 0 fully saturated rings. The number of methoxy groups -OCH3 is 2. The molecule has 2 aromatic rings. The lowest BCUT2D eigenvalue weighted by molar-refractivity contribution is 0.0593. The standard InChI is InChI=1S/C11H13N3O4/c1-17-4-3-13-8(7-15)6-14-10(13)5-9(12-14)11(16)18-2/h5-7H,3-4H2,1-2H3. The molecule has 0 amide bonds. The highest BCUT2D eigenvalue weighted by Gasteiger charge is 2.16. The maximum Gasteiger partial charge on any atom is 0.358 e. The summed E-state index contributed by atoms with van der Waals surface area (Å²) in [7, 11) is 2.87. The number of ether oxygens (including phenoxy) is 2. The summed E-state index contributed by atoms with van der Waals surface area (Å²) in [6.07, 6.45) is 2.30. The van der Waals surface area contributed by atoms with E-state index in [9.17, 15) is 9.59 Å². The summed E-state index contributed by atoms with van der Waals surface area (Å²) in [6.45, 7) is 0.970. The summed E-state index contributed by atoms with van der Waals surface area (Å²) in [5, 5.41) is 4.04. The van der Waals surface area contributed by atoms with E-state index >= 15 is 0 Å². The normalized spacial score (nSPS) is 10.8. The summed E-state index contributed by atoms with van der Waals surface area (Å²) in [5.74, 6) is -0.510. The van der Waals surface area contributed by atoms with Crippen molar-refractivity contribution in [3.63, 3.8) is 0 Å². The average molecular weight is 251 g/mol. The molecule has 2 rings (SSSR count). The summed E-state index contributed by atoms with van der Waals surface area (Å²) < 4.78 is 12.8. The summed E-state index contributed by atoms with van der Waals surface area (Å²) in [6, 6.07) is 1.58. The number of rotatable bonds is 5. The molecule has 18 heavy (non-hydrogen) atoms. The lowest BCUT2D eigenvalue weighted by Crippen LogP contribution is -2.07.